The van der Waals surface area contributed by atoms with Gasteiger partial charge in [-0.3, -0.25) is 0 Å². The van der Waals surface area contributed by atoms with Gasteiger partial charge in [0.05, 0.1) is 5.54 Å². The third kappa shape index (κ3) is 1.63. The van der Waals surface area contributed by atoms with Crippen LogP contribution in [-0.2, 0) is 0 Å². The highest BCUT2D eigenvalue weighted by Crippen LogP contribution is 2.15. The highest BCUT2D eigenvalue weighted by molar-refractivity contribution is 5.66. The minimum atomic E-state index is -0.823. The van der Waals surface area contributed by atoms with Crippen LogP contribution in [-0.4, -0.2) is 41.3 Å². The van der Waals surface area contributed by atoms with Gasteiger partial charge in [0, 0.05) is 19.6 Å². The maximum absolute atomic E-state index is 10.7. The number of nitrogens with zero attached hydrogens (tertiary/aromatic N) is 1. The number of amides is 1. The Labute approximate surface area is 66.2 Å². The Hall–Kier alpha value is -0.770. The van der Waals surface area contributed by atoms with Crippen molar-refractivity contribution >= 4 is 6.09 Å². The van der Waals surface area contributed by atoms with Crippen molar-refractivity contribution in [2.75, 3.05) is 19.6 Å². The quantitative estimate of drug-likeness (QED) is 0.534. The molecule has 0 saturated carbocycles. The van der Waals surface area contributed by atoms with Crippen molar-refractivity contribution in [1.29, 1.82) is 0 Å². The molecular formula is C7H14N2O2. The van der Waals surface area contributed by atoms with Crippen LogP contribution >= 0.6 is 0 Å². The van der Waals surface area contributed by atoms with Gasteiger partial charge in [-0.15, -0.1) is 0 Å². The molecule has 1 amide bonds. The molecule has 1 aliphatic rings. The molecule has 0 spiro atoms. The molecule has 11 heavy (non-hydrogen) atoms. The molecule has 0 unspecified atom stereocenters. The molecule has 0 aromatic rings. The van der Waals surface area contributed by atoms with E-state index >= 15 is 0 Å². The van der Waals surface area contributed by atoms with E-state index in [0.29, 0.717) is 6.54 Å². The maximum atomic E-state index is 10.7. The summed E-state index contributed by atoms with van der Waals surface area (Å²) in [5, 5.41) is 11.9. The van der Waals surface area contributed by atoms with Gasteiger partial charge in [-0.2, -0.15) is 0 Å². The summed E-state index contributed by atoms with van der Waals surface area (Å²) in [4.78, 5) is 12.1. The Kier molecular flexibility index (Phi) is 2.04. The molecule has 0 radical (unpaired) electrons. The number of carboxylic acid groups (broad SMARTS) is 1. The lowest BCUT2D eigenvalue weighted by Gasteiger charge is -2.40. The van der Waals surface area contributed by atoms with Crippen molar-refractivity contribution in [1.82, 2.24) is 10.2 Å². The number of hydrogen-bond donors (Lipinski definition) is 2. The fraction of sp³-hybridized carbons (Fsp3) is 0.857. The van der Waals surface area contributed by atoms with Crippen molar-refractivity contribution in [2.24, 2.45) is 0 Å². The van der Waals surface area contributed by atoms with Crippen LogP contribution in [0.4, 0.5) is 4.79 Å². The van der Waals surface area contributed by atoms with Crippen molar-refractivity contribution in [3.63, 3.8) is 0 Å². The molecule has 0 aromatic carbocycles. The number of carbonyl (C=O) groups is 1. The van der Waals surface area contributed by atoms with Crippen molar-refractivity contribution in [2.45, 2.75) is 19.4 Å². The average molecular weight is 158 g/mol. The second-order valence-corrected chi connectivity index (χ2v) is 3.42. The molecule has 1 fully saturated rings. The van der Waals surface area contributed by atoms with Crippen LogP contribution in [0.2, 0.25) is 0 Å². The SMILES string of the molecule is CC1(C)CNCCN1C(=O)O. The van der Waals surface area contributed by atoms with Crippen LogP contribution in [0, 0.1) is 0 Å². The first-order chi connectivity index (χ1) is 5.04. The van der Waals surface area contributed by atoms with Crippen LogP contribution in [0.1, 0.15) is 13.8 Å². The lowest BCUT2D eigenvalue weighted by atomic mass is 10.0. The summed E-state index contributed by atoms with van der Waals surface area (Å²) in [7, 11) is 0. The second-order valence-electron chi connectivity index (χ2n) is 3.42. The first-order valence-electron chi connectivity index (χ1n) is 3.75. The lowest BCUT2D eigenvalue weighted by Crippen LogP contribution is -2.59. The van der Waals surface area contributed by atoms with E-state index in [2.05, 4.69) is 5.32 Å². The van der Waals surface area contributed by atoms with Crippen LogP contribution < -0.4 is 5.32 Å². The largest absolute Gasteiger partial charge is 0.465 e. The van der Waals surface area contributed by atoms with Gasteiger partial charge >= 0.3 is 6.09 Å². The molecule has 4 nitrogen and oxygen atoms in total. The van der Waals surface area contributed by atoms with Crippen LogP contribution in [0.25, 0.3) is 0 Å². The molecular weight excluding hydrogens is 144 g/mol. The van der Waals surface area contributed by atoms with Crippen molar-refractivity contribution < 1.29 is 9.90 Å². The predicted molar refractivity (Wildman–Crippen MR) is 41.7 cm³/mol. The minimum Gasteiger partial charge on any atom is -0.465 e. The summed E-state index contributed by atoms with van der Waals surface area (Å²) in [6.45, 7) is 5.93. The molecule has 64 valence electrons. The van der Waals surface area contributed by atoms with Gasteiger partial charge in [0.15, 0.2) is 0 Å². The summed E-state index contributed by atoms with van der Waals surface area (Å²) in [6, 6.07) is 0. The lowest BCUT2D eigenvalue weighted by molar-refractivity contribution is 0.0766. The molecule has 1 aliphatic heterocycles. The third-order valence-corrected chi connectivity index (χ3v) is 2.03. The van der Waals surface area contributed by atoms with Crippen molar-refractivity contribution in [3.05, 3.63) is 0 Å². The molecule has 0 atom stereocenters. The first kappa shape index (κ1) is 8.33. The summed E-state index contributed by atoms with van der Waals surface area (Å²) in [5.41, 5.74) is -0.260. The van der Waals surface area contributed by atoms with Crippen LogP contribution in [0.15, 0.2) is 0 Å². The molecule has 0 aromatic heterocycles. The van der Waals surface area contributed by atoms with E-state index in [0.717, 1.165) is 13.1 Å². The Bertz CT molecular complexity index is 168. The zero-order valence-corrected chi connectivity index (χ0v) is 6.92. The highest BCUT2D eigenvalue weighted by atomic mass is 16.4. The van der Waals surface area contributed by atoms with Gasteiger partial charge in [-0.1, -0.05) is 0 Å². The van der Waals surface area contributed by atoms with Gasteiger partial charge in [0.2, 0.25) is 0 Å². The summed E-state index contributed by atoms with van der Waals surface area (Å²) < 4.78 is 0. The van der Waals surface area contributed by atoms with Gasteiger partial charge in [0.1, 0.15) is 0 Å². The fourth-order valence-corrected chi connectivity index (χ4v) is 1.34. The van der Waals surface area contributed by atoms with E-state index in [-0.39, 0.29) is 5.54 Å². The normalized spacial score (nSPS) is 23.3. The number of hydrogen-bond acceptors (Lipinski definition) is 2. The smallest absolute Gasteiger partial charge is 0.407 e. The van der Waals surface area contributed by atoms with E-state index in [9.17, 15) is 4.79 Å². The summed E-state index contributed by atoms with van der Waals surface area (Å²) >= 11 is 0. The molecule has 2 N–H and O–H groups in total. The Morgan fingerprint density at radius 3 is 2.64 bits per heavy atom. The topological polar surface area (TPSA) is 52.6 Å². The van der Waals surface area contributed by atoms with E-state index in [1.165, 1.54) is 4.90 Å². The van der Waals surface area contributed by atoms with E-state index < -0.39 is 6.09 Å². The van der Waals surface area contributed by atoms with Gasteiger partial charge in [-0.05, 0) is 13.8 Å². The average Bonchev–Trinajstić information content (AvgIpc) is 1.85. The first-order valence-corrected chi connectivity index (χ1v) is 3.75. The van der Waals surface area contributed by atoms with Crippen LogP contribution in [0.5, 0.6) is 0 Å². The van der Waals surface area contributed by atoms with Gasteiger partial charge in [0.25, 0.3) is 0 Å². The van der Waals surface area contributed by atoms with Crippen LogP contribution in [0.3, 0.4) is 0 Å². The zero-order valence-electron chi connectivity index (χ0n) is 6.92. The number of piperazine rings is 1. The standard InChI is InChI=1S/C7H14N2O2/c1-7(2)5-8-3-4-9(7)6(10)11/h8H,3-5H2,1-2H3,(H,10,11). The maximum Gasteiger partial charge on any atom is 0.407 e. The highest BCUT2D eigenvalue weighted by Gasteiger charge is 2.32. The number of nitrogens with one attached hydrogen (secondary N) is 1. The number of rotatable bonds is 0. The molecule has 0 aliphatic carbocycles. The van der Waals surface area contributed by atoms with E-state index in [4.69, 9.17) is 5.11 Å². The van der Waals surface area contributed by atoms with Crippen molar-refractivity contribution in [3.8, 4) is 0 Å². The minimum absolute atomic E-state index is 0.260. The zero-order chi connectivity index (χ0) is 8.48. The fourth-order valence-electron chi connectivity index (χ4n) is 1.34. The molecule has 0 bridgehead atoms. The second kappa shape index (κ2) is 2.70. The molecule has 1 heterocycles. The summed E-state index contributed by atoms with van der Waals surface area (Å²) in [5.74, 6) is 0. The molecule has 1 saturated heterocycles. The Morgan fingerprint density at radius 1 is 1.64 bits per heavy atom. The Morgan fingerprint density at radius 2 is 2.27 bits per heavy atom. The third-order valence-electron chi connectivity index (χ3n) is 2.03. The monoisotopic (exact) mass is 158 g/mol. The van der Waals surface area contributed by atoms with E-state index in [1.807, 2.05) is 13.8 Å². The van der Waals surface area contributed by atoms with E-state index in [1.54, 1.807) is 0 Å². The van der Waals surface area contributed by atoms with Gasteiger partial charge < -0.3 is 15.3 Å². The molecule has 1 rings (SSSR count). The molecule has 4 heteroatoms. The van der Waals surface area contributed by atoms with Gasteiger partial charge in [-0.25, -0.2) is 4.79 Å². The predicted octanol–water partition coefficient (Wildman–Crippen LogP) is 0.348. The Balaban J connectivity index is 2.67. The summed E-state index contributed by atoms with van der Waals surface area (Å²) in [6.07, 6.45) is -0.823.